The highest BCUT2D eigenvalue weighted by atomic mass is 16.7. The topological polar surface area (TPSA) is 91.7 Å². The number of amides is 1. The second-order valence-corrected chi connectivity index (χ2v) is 18.7. The van der Waals surface area contributed by atoms with Gasteiger partial charge in [0.15, 0.2) is 6.29 Å². The number of nitrogens with zero attached hydrogens (tertiary/aromatic N) is 2. The summed E-state index contributed by atoms with van der Waals surface area (Å²) in [5, 5.41) is 21.4. The minimum atomic E-state index is -1.14. The molecule has 3 aliphatic heterocycles. The van der Waals surface area contributed by atoms with E-state index in [1.807, 2.05) is 4.90 Å². The van der Waals surface area contributed by atoms with Gasteiger partial charge in [0.1, 0.15) is 6.10 Å². The van der Waals surface area contributed by atoms with E-state index in [2.05, 4.69) is 25.7 Å². The number of aliphatic hydroxyl groups is 2. The number of aliphatic hydroxyl groups excluding tert-OH is 1. The Morgan fingerprint density at radius 1 is 0.957 bits per heavy atom. The van der Waals surface area contributed by atoms with E-state index in [9.17, 15) is 15.0 Å². The van der Waals surface area contributed by atoms with E-state index in [0.717, 1.165) is 44.7 Å². The van der Waals surface area contributed by atoms with E-state index >= 15 is 0 Å². The van der Waals surface area contributed by atoms with Crippen molar-refractivity contribution < 1.29 is 29.2 Å². The lowest BCUT2D eigenvalue weighted by Gasteiger charge is -2.60. The number of hydrogen-bond acceptors (Lipinski definition) is 7. The van der Waals surface area contributed by atoms with Crippen LogP contribution >= 0.6 is 0 Å². The quantitative estimate of drug-likeness (QED) is 0.422. The standard InChI is InChI=1S/C38H62N2O6/c1-34(2)29-11-9-24-26-20-28-25(8-10-27(45-28)33(42)35(3,4)43)36(26,5)14-15-37(24)23-38(29,37)13-12-30(34)46-32-22-40(18-19-44-32)31(41)21-39-16-6-7-17-39/h24-30,32-33,42-43H,6-23H2,1-5H3. The summed E-state index contributed by atoms with van der Waals surface area (Å²) in [6.07, 6.45) is 13.5. The van der Waals surface area contributed by atoms with Crippen LogP contribution < -0.4 is 0 Å². The first-order chi connectivity index (χ1) is 21.8. The Kier molecular flexibility index (Phi) is 7.84. The SMILES string of the molecule is CC(C)(O)C(O)C1CCC2C(CC3C4CCC5C(C)(C)C(OC6CN(C(=O)CN7CCCC7)CCO6)CCC56CC46CCC23C)O1. The third-order valence-corrected chi connectivity index (χ3v) is 15.9. The van der Waals surface area contributed by atoms with Crippen LogP contribution in [0.1, 0.15) is 112 Å². The fraction of sp³-hybridized carbons (Fsp3) is 0.974. The predicted octanol–water partition coefficient (Wildman–Crippen LogP) is 4.99. The lowest BCUT2D eigenvalue weighted by molar-refractivity contribution is -0.244. The summed E-state index contributed by atoms with van der Waals surface area (Å²) in [5.41, 5.74) is 0.181. The zero-order valence-corrected chi connectivity index (χ0v) is 29.3. The van der Waals surface area contributed by atoms with E-state index in [1.54, 1.807) is 13.8 Å². The molecule has 2 N–H and O–H groups in total. The lowest BCUT2D eigenvalue weighted by atomic mass is 9.46. The molecule has 12 atom stereocenters. The average molecular weight is 643 g/mol. The smallest absolute Gasteiger partial charge is 0.237 e. The Morgan fingerprint density at radius 3 is 2.48 bits per heavy atom. The van der Waals surface area contributed by atoms with Crippen molar-refractivity contribution in [3.8, 4) is 0 Å². The fourth-order valence-corrected chi connectivity index (χ4v) is 13.5. The van der Waals surface area contributed by atoms with Gasteiger partial charge in [-0.15, -0.1) is 0 Å². The number of likely N-dealkylation sites (tertiary alicyclic amines) is 1. The third kappa shape index (κ3) is 4.84. The van der Waals surface area contributed by atoms with Gasteiger partial charge in [0, 0.05) is 6.54 Å². The van der Waals surface area contributed by atoms with Crippen LogP contribution in [0.4, 0.5) is 0 Å². The maximum absolute atomic E-state index is 13.1. The maximum Gasteiger partial charge on any atom is 0.237 e. The molecule has 0 aromatic rings. The van der Waals surface area contributed by atoms with Gasteiger partial charge < -0.3 is 29.3 Å². The molecular formula is C38H62N2O6. The Hall–Kier alpha value is -0.770. The number of ether oxygens (including phenoxy) is 3. The van der Waals surface area contributed by atoms with E-state index in [4.69, 9.17) is 14.2 Å². The first kappa shape index (κ1) is 32.4. The highest BCUT2D eigenvalue weighted by Gasteiger charge is 2.80. The van der Waals surface area contributed by atoms with Gasteiger partial charge in [0.2, 0.25) is 5.91 Å². The number of carbonyl (C=O) groups excluding carboxylic acids is 1. The summed E-state index contributed by atoms with van der Waals surface area (Å²) >= 11 is 0. The molecule has 8 fully saturated rings. The Labute approximate surface area is 277 Å². The molecule has 8 rings (SSSR count). The molecule has 0 radical (unpaired) electrons. The third-order valence-electron chi connectivity index (χ3n) is 15.9. The molecule has 5 saturated carbocycles. The minimum Gasteiger partial charge on any atom is -0.388 e. The molecule has 3 heterocycles. The van der Waals surface area contributed by atoms with Crippen molar-refractivity contribution in [1.82, 2.24) is 9.80 Å². The van der Waals surface area contributed by atoms with Crippen molar-refractivity contribution >= 4 is 5.91 Å². The van der Waals surface area contributed by atoms with Crippen molar-refractivity contribution in [2.75, 3.05) is 39.3 Å². The lowest BCUT2D eigenvalue weighted by Crippen LogP contribution is -2.56. The average Bonchev–Trinajstić information content (AvgIpc) is 3.24. The van der Waals surface area contributed by atoms with Gasteiger partial charge >= 0.3 is 0 Å². The Bertz CT molecular complexity index is 1180. The molecule has 12 unspecified atom stereocenters. The number of hydrogen-bond donors (Lipinski definition) is 2. The van der Waals surface area contributed by atoms with Gasteiger partial charge in [-0.3, -0.25) is 9.69 Å². The number of rotatable bonds is 6. The molecule has 46 heavy (non-hydrogen) atoms. The van der Waals surface area contributed by atoms with E-state index in [0.29, 0.717) is 60.2 Å². The van der Waals surface area contributed by atoms with Crippen molar-refractivity contribution in [3.63, 3.8) is 0 Å². The number of carbonyl (C=O) groups is 1. The molecule has 5 aliphatic carbocycles. The molecule has 0 aromatic heterocycles. The van der Waals surface area contributed by atoms with E-state index < -0.39 is 11.7 Å². The summed E-state index contributed by atoms with van der Waals surface area (Å²) in [4.78, 5) is 17.4. The first-order valence-corrected chi connectivity index (χ1v) is 19.1. The summed E-state index contributed by atoms with van der Waals surface area (Å²) in [5.74, 6) is 2.95. The Balaban J connectivity index is 0.935. The van der Waals surface area contributed by atoms with Gasteiger partial charge in [-0.1, -0.05) is 20.8 Å². The second-order valence-electron chi connectivity index (χ2n) is 18.7. The van der Waals surface area contributed by atoms with Crippen LogP contribution in [0.3, 0.4) is 0 Å². The van der Waals surface area contributed by atoms with Crippen LogP contribution in [-0.4, -0.2) is 102 Å². The van der Waals surface area contributed by atoms with Crippen LogP contribution in [0.5, 0.6) is 0 Å². The van der Waals surface area contributed by atoms with Gasteiger partial charge in [-0.2, -0.15) is 0 Å². The van der Waals surface area contributed by atoms with Crippen LogP contribution in [0.25, 0.3) is 0 Å². The van der Waals surface area contributed by atoms with E-state index in [-0.39, 0.29) is 35.9 Å². The van der Waals surface area contributed by atoms with Crippen LogP contribution in [0.15, 0.2) is 0 Å². The molecule has 8 aliphatic rings. The number of morpholine rings is 1. The van der Waals surface area contributed by atoms with Crippen molar-refractivity contribution in [3.05, 3.63) is 0 Å². The molecular weight excluding hydrogens is 580 g/mol. The minimum absolute atomic E-state index is 0.0753. The van der Waals surface area contributed by atoms with Gasteiger partial charge in [0.25, 0.3) is 0 Å². The highest BCUT2D eigenvalue weighted by Crippen LogP contribution is 2.87. The normalized spacial score (nSPS) is 48.9. The van der Waals surface area contributed by atoms with Crippen LogP contribution in [-0.2, 0) is 19.0 Å². The maximum atomic E-state index is 13.1. The summed E-state index contributed by atoms with van der Waals surface area (Å²) in [6, 6.07) is 0. The molecule has 1 amide bonds. The molecule has 8 heteroatoms. The van der Waals surface area contributed by atoms with Crippen molar-refractivity contribution in [2.45, 2.75) is 148 Å². The van der Waals surface area contributed by atoms with Gasteiger partial charge in [-0.05, 0) is 149 Å². The van der Waals surface area contributed by atoms with Crippen LogP contribution in [0.2, 0.25) is 0 Å². The zero-order valence-electron chi connectivity index (χ0n) is 29.3. The van der Waals surface area contributed by atoms with Gasteiger partial charge in [0.05, 0.1) is 43.6 Å². The largest absolute Gasteiger partial charge is 0.388 e. The first-order valence-electron chi connectivity index (χ1n) is 19.1. The van der Waals surface area contributed by atoms with Crippen molar-refractivity contribution in [2.24, 2.45) is 45.3 Å². The van der Waals surface area contributed by atoms with E-state index in [1.165, 1.54) is 51.4 Å². The number of fused-ring (bicyclic) bond motifs is 4. The monoisotopic (exact) mass is 642 g/mol. The molecule has 2 spiro atoms. The molecule has 8 nitrogen and oxygen atoms in total. The summed E-state index contributed by atoms with van der Waals surface area (Å²) in [7, 11) is 0. The summed E-state index contributed by atoms with van der Waals surface area (Å²) < 4.78 is 19.7. The molecule has 3 saturated heterocycles. The zero-order chi connectivity index (χ0) is 32.3. The fourth-order valence-electron chi connectivity index (χ4n) is 13.5. The van der Waals surface area contributed by atoms with Gasteiger partial charge in [-0.25, -0.2) is 0 Å². The highest BCUT2D eigenvalue weighted by molar-refractivity contribution is 5.78. The molecule has 0 aromatic carbocycles. The van der Waals surface area contributed by atoms with Crippen molar-refractivity contribution in [1.29, 1.82) is 0 Å². The molecule has 260 valence electrons. The molecule has 0 bridgehead atoms. The van der Waals surface area contributed by atoms with Crippen LogP contribution in [0, 0.1) is 45.3 Å². The Morgan fingerprint density at radius 2 is 1.72 bits per heavy atom. The second kappa shape index (κ2) is 11.1. The summed E-state index contributed by atoms with van der Waals surface area (Å²) in [6.45, 7) is 15.4. The predicted molar refractivity (Wildman–Crippen MR) is 175 cm³/mol.